The maximum atomic E-state index is 9.45. The Balaban J connectivity index is 2.19. The molecule has 3 N–H and O–H groups in total. The lowest BCUT2D eigenvalue weighted by Gasteiger charge is -2.15. The summed E-state index contributed by atoms with van der Waals surface area (Å²) in [6, 6.07) is 14.7. The summed E-state index contributed by atoms with van der Waals surface area (Å²) in [5.41, 5.74) is 12.1. The monoisotopic (exact) mass is 269 g/mol. The average Bonchev–Trinajstić information content (AvgIpc) is 2.40. The quantitative estimate of drug-likeness (QED) is 0.895. The van der Waals surface area contributed by atoms with Crippen molar-refractivity contribution in [2.24, 2.45) is 5.73 Å². The summed E-state index contributed by atoms with van der Waals surface area (Å²) in [5.74, 6) is 0. The van der Waals surface area contributed by atoms with Crippen molar-refractivity contribution in [2.45, 2.75) is 39.3 Å². The molecule has 0 bridgehead atoms. The molecule has 2 nitrogen and oxygen atoms in total. The van der Waals surface area contributed by atoms with Gasteiger partial charge in [-0.25, -0.2) is 0 Å². The van der Waals surface area contributed by atoms with Gasteiger partial charge in [-0.3, -0.25) is 0 Å². The van der Waals surface area contributed by atoms with Crippen LogP contribution in [0, 0.1) is 13.8 Å². The van der Waals surface area contributed by atoms with Gasteiger partial charge in [-0.05, 0) is 49.4 Å². The van der Waals surface area contributed by atoms with Crippen LogP contribution in [-0.2, 0) is 6.42 Å². The number of aliphatic hydroxyl groups excluding tert-OH is 1. The van der Waals surface area contributed by atoms with Crippen LogP contribution in [0.4, 0.5) is 0 Å². The minimum Gasteiger partial charge on any atom is -0.392 e. The van der Waals surface area contributed by atoms with Crippen LogP contribution in [0.15, 0.2) is 42.5 Å². The molecule has 106 valence electrons. The molecule has 0 saturated carbocycles. The molecule has 0 heterocycles. The standard InChI is InChI=1S/C18H23NO/c1-12-4-9-17(13(2)10-12)16-7-5-15(6-8-16)11-18(19)14(3)20/h4-10,14,18,20H,11,19H2,1-3H3/t14?,18-/m0/s1. The van der Waals surface area contributed by atoms with Crippen molar-refractivity contribution < 1.29 is 5.11 Å². The van der Waals surface area contributed by atoms with Gasteiger partial charge in [0.2, 0.25) is 0 Å². The molecule has 2 aromatic rings. The molecule has 2 heteroatoms. The molecule has 0 aliphatic carbocycles. The van der Waals surface area contributed by atoms with Crippen molar-refractivity contribution in [1.82, 2.24) is 0 Å². The Morgan fingerprint density at radius 3 is 2.25 bits per heavy atom. The van der Waals surface area contributed by atoms with E-state index in [1.54, 1.807) is 6.92 Å². The number of nitrogens with two attached hydrogens (primary N) is 1. The van der Waals surface area contributed by atoms with Crippen LogP contribution in [0.1, 0.15) is 23.6 Å². The fourth-order valence-corrected chi connectivity index (χ4v) is 2.40. The van der Waals surface area contributed by atoms with Crippen molar-refractivity contribution in [1.29, 1.82) is 0 Å². The van der Waals surface area contributed by atoms with Gasteiger partial charge in [-0.15, -0.1) is 0 Å². The van der Waals surface area contributed by atoms with Crippen LogP contribution >= 0.6 is 0 Å². The van der Waals surface area contributed by atoms with Crippen LogP contribution in [0.3, 0.4) is 0 Å². The Labute approximate surface area is 121 Å². The predicted octanol–water partition coefficient (Wildman–Crippen LogP) is 3.22. The first kappa shape index (κ1) is 14.8. The minimum atomic E-state index is -0.478. The first-order valence-corrected chi connectivity index (χ1v) is 7.07. The van der Waals surface area contributed by atoms with E-state index < -0.39 is 6.10 Å². The summed E-state index contributed by atoms with van der Waals surface area (Å²) in [6.45, 7) is 5.98. The summed E-state index contributed by atoms with van der Waals surface area (Å²) in [5, 5.41) is 9.45. The largest absolute Gasteiger partial charge is 0.392 e. The molecule has 1 unspecified atom stereocenters. The van der Waals surface area contributed by atoms with Crippen LogP contribution < -0.4 is 5.73 Å². The summed E-state index contributed by atoms with van der Waals surface area (Å²) < 4.78 is 0. The fraction of sp³-hybridized carbons (Fsp3) is 0.333. The molecule has 0 aliphatic rings. The lowest BCUT2D eigenvalue weighted by molar-refractivity contribution is 0.163. The van der Waals surface area contributed by atoms with E-state index in [1.807, 2.05) is 0 Å². The van der Waals surface area contributed by atoms with E-state index in [0.717, 1.165) is 5.56 Å². The second kappa shape index (κ2) is 6.21. The highest BCUT2D eigenvalue weighted by Gasteiger charge is 2.10. The third-order valence-electron chi connectivity index (χ3n) is 3.74. The molecule has 0 saturated heterocycles. The second-order valence-corrected chi connectivity index (χ2v) is 5.62. The lowest BCUT2D eigenvalue weighted by atomic mass is 9.96. The Kier molecular flexibility index (Phi) is 4.58. The van der Waals surface area contributed by atoms with Gasteiger partial charge in [0, 0.05) is 6.04 Å². The number of hydrogen-bond donors (Lipinski definition) is 2. The number of rotatable bonds is 4. The zero-order chi connectivity index (χ0) is 14.7. The van der Waals surface area contributed by atoms with Crippen LogP contribution in [-0.4, -0.2) is 17.3 Å². The van der Waals surface area contributed by atoms with Crippen LogP contribution in [0.2, 0.25) is 0 Å². The van der Waals surface area contributed by atoms with Crippen LogP contribution in [0.5, 0.6) is 0 Å². The van der Waals surface area contributed by atoms with Gasteiger partial charge in [0.05, 0.1) is 6.10 Å². The van der Waals surface area contributed by atoms with Crippen molar-refractivity contribution >= 4 is 0 Å². The zero-order valence-electron chi connectivity index (χ0n) is 12.4. The summed E-state index contributed by atoms with van der Waals surface area (Å²) in [4.78, 5) is 0. The van der Waals surface area contributed by atoms with Crippen molar-refractivity contribution in [3.63, 3.8) is 0 Å². The summed E-state index contributed by atoms with van der Waals surface area (Å²) >= 11 is 0. The van der Waals surface area contributed by atoms with E-state index in [4.69, 9.17) is 5.73 Å². The molecular weight excluding hydrogens is 246 g/mol. The van der Waals surface area contributed by atoms with Gasteiger partial charge >= 0.3 is 0 Å². The highest BCUT2D eigenvalue weighted by Crippen LogP contribution is 2.24. The first-order chi connectivity index (χ1) is 9.47. The molecule has 2 atom stereocenters. The molecule has 2 aromatic carbocycles. The number of hydrogen-bond acceptors (Lipinski definition) is 2. The Morgan fingerprint density at radius 2 is 1.70 bits per heavy atom. The normalized spacial score (nSPS) is 14.1. The minimum absolute atomic E-state index is 0.207. The predicted molar refractivity (Wildman–Crippen MR) is 84.7 cm³/mol. The second-order valence-electron chi connectivity index (χ2n) is 5.62. The molecular formula is C18H23NO. The Morgan fingerprint density at radius 1 is 1.05 bits per heavy atom. The number of aryl methyl sites for hydroxylation is 2. The zero-order valence-corrected chi connectivity index (χ0v) is 12.4. The smallest absolute Gasteiger partial charge is 0.0666 e. The van der Waals surface area contributed by atoms with Crippen molar-refractivity contribution in [3.8, 4) is 11.1 Å². The maximum Gasteiger partial charge on any atom is 0.0666 e. The Hall–Kier alpha value is -1.64. The number of aliphatic hydroxyl groups is 1. The van der Waals surface area contributed by atoms with Crippen molar-refractivity contribution in [2.75, 3.05) is 0 Å². The van der Waals surface area contributed by atoms with Gasteiger partial charge in [-0.2, -0.15) is 0 Å². The maximum absolute atomic E-state index is 9.45. The molecule has 20 heavy (non-hydrogen) atoms. The van der Waals surface area contributed by atoms with E-state index >= 15 is 0 Å². The fourth-order valence-electron chi connectivity index (χ4n) is 2.40. The van der Waals surface area contributed by atoms with Gasteiger partial charge in [0.25, 0.3) is 0 Å². The Bertz CT molecular complexity index is 572. The van der Waals surface area contributed by atoms with E-state index in [2.05, 4.69) is 56.3 Å². The van der Waals surface area contributed by atoms with E-state index in [0.29, 0.717) is 6.42 Å². The van der Waals surface area contributed by atoms with E-state index in [9.17, 15) is 5.11 Å². The molecule has 0 fully saturated rings. The van der Waals surface area contributed by atoms with Gasteiger partial charge in [0.15, 0.2) is 0 Å². The lowest BCUT2D eigenvalue weighted by Crippen LogP contribution is -2.34. The van der Waals surface area contributed by atoms with Gasteiger partial charge < -0.3 is 10.8 Å². The average molecular weight is 269 g/mol. The molecule has 0 radical (unpaired) electrons. The molecule has 0 spiro atoms. The highest BCUT2D eigenvalue weighted by molar-refractivity contribution is 5.67. The van der Waals surface area contributed by atoms with E-state index in [-0.39, 0.29) is 6.04 Å². The first-order valence-electron chi connectivity index (χ1n) is 7.07. The highest BCUT2D eigenvalue weighted by atomic mass is 16.3. The summed E-state index contributed by atoms with van der Waals surface area (Å²) in [7, 11) is 0. The molecule has 0 aromatic heterocycles. The third kappa shape index (κ3) is 3.47. The van der Waals surface area contributed by atoms with Crippen LogP contribution in [0.25, 0.3) is 11.1 Å². The topological polar surface area (TPSA) is 46.2 Å². The van der Waals surface area contributed by atoms with Gasteiger partial charge in [0.1, 0.15) is 0 Å². The van der Waals surface area contributed by atoms with Gasteiger partial charge in [-0.1, -0.05) is 48.0 Å². The number of benzene rings is 2. The summed E-state index contributed by atoms with van der Waals surface area (Å²) in [6.07, 6.45) is 0.221. The molecule has 0 amide bonds. The van der Waals surface area contributed by atoms with E-state index in [1.165, 1.54) is 22.3 Å². The molecule has 2 rings (SSSR count). The SMILES string of the molecule is Cc1ccc(-c2ccc(C[C@H](N)C(C)O)cc2)c(C)c1. The third-order valence-corrected chi connectivity index (χ3v) is 3.74. The molecule has 0 aliphatic heterocycles. The van der Waals surface area contributed by atoms with Crippen molar-refractivity contribution in [3.05, 3.63) is 59.2 Å².